The number of hydrogen-bond donors (Lipinski definition) is 0. The molecule has 2 rings (SSSR count). The molecule has 1 aromatic heterocycles. The second-order valence-corrected chi connectivity index (χ2v) is 5.54. The highest BCUT2D eigenvalue weighted by molar-refractivity contribution is 9.10. The highest BCUT2D eigenvalue weighted by Crippen LogP contribution is 2.32. The summed E-state index contributed by atoms with van der Waals surface area (Å²) in [5, 5.41) is 8.26. The Bertz CT molecular complexity index is 342. The van der Waals surface area contributed by atoms with Crippen LogP contribution in [0.15, 0.2) is 10.5 Å². The number of methoxy groups -OCH3 is 1. The number of thioether (sulfide) groups is 1. The fourth-order valence-corrected chi connectivity index (χ4v) is 3.32. The van der Waals surface area contributed by atoms with Crippen LogP contribution in [0, 0.1) is 0 Å². The monoisotopic (exact) mass is 288 g/mol. The van der Waals surface area contributed by atoms with Crippen LogP contribution in [0.2, 0.25) is 0 Å². The van der Waals surface area contributed by atoms with Gasteiger partial charge in [0.25, 0.3) is 0 Å². The molecule has 0 N–H and O–H groups in total. The van der Waals surface area contributed by atoms with E-state index in [0.29, 0.717) is 11.8 Å². The first kappa shape index (κ1) is 11.2. The van der Waals surface area contributed by atoms with Crippen LogP contribution in [0.1, 0.15) is 24.5 Å². The Morgan fingerprint density at radius 2 is 2.40 bits per heavy atom. The Morgan fingerprint density at radius 1 is 1.53 bits per heavy atom. The van der Waals surface area contributed by atoms with Gasteiger partial charge in [-0.2, -0.15) is 16.9 Å². The molecule has 5 heteroatoms. The van der Waals surface area contributed by atoms with Crippen molar-refractivity contribution < 1.29 is 4.74 Å². The van der Waals surface area contributed by atoms with Crippen molar-refractivity contribution in [3.8, 4) is 5.88 Å². The summed E-state index contributed by atoms with van der Waals surface area (Å²) in [6, 6.07) is 2.03. The van der Waals surface area contributed by atoms with Crippen LogP contribution in [-0.4, -0.2) is 28.8 Å². The van der Waals surface area contributed by atoms with Crippen LogP contribution >= 0.6 is 27.7 Å². The number of rotatable bonds is 2. The standard InChI is InChI=1S/C10H13BrN2OS/c1-14-10-8(11)5-9(12-13-10)7-3-2-4-15-6-7/h5,7H,2-4,6H2,1H3. The molecule has 1 aliphatic heterocycles. The van der Waals surface area contributed by atoms with Crippen LogP contribution in [-0.2, 0) is 0 Å². The first-order valence-electron chi connectivity index (χ1n) is 4.96. The lowest BCUT2D eigenvalue weighted by atomic mass is 10.0. The minimum absolute atomic E-state index is 0.554. The normalized spacial score (nSPS) is 21.3. The van der Waals surface area contributed by atoms with Crippen LogP contribution in [0.5, 0.6) is 5.88 Å². The van der Waals surface area contributed by atoms with E-state index < -0.39 is 0 Å². The second-order valence-electron chi connectivity index (χ2n) is 3.54. The predicted molar refractivity (Wildman–Crippen MR) is 65.6 cm³/mol. The number of halogens is 1. The smallest absolute Gasteiger partial charge is 0.247 e. The molecule has 1 aromatic rings. The minimum Gasteiger partial charge on any atom is -0.479 e. The molecule has 0 amide bonds. The van der Waals surface area contributed by atoms with Crippen molar-refractivity contribution in [3.05, 3.63) is 16.2 Å². The van der Waals surface area contributed by atoms with Gasteiger partial charge in [-0.15, -0.1) is 5.10 Å². The summed E-state index contributed by atoms with van der Waals surface area (Å²) in [7, 11) is 1.60. The van der Waals surface area contributed by atoms with E-state index in [1.165, 1.54) is 18.6 Å². The van der Waals surface area contributed by atoms with Crippen molar-refractivity contribution in [3.63, 3.8) is 0 Å². The van der Waals surface area contributed by atoms with E-state index in [-0.39, 0.29) is 0 Å². The molecule has 1 unspecified atom stereocenters. The fourth-order valence-electron chi connectivity index (χ4n) is 1.68. The van der Waals surface area contributed by atoms with Gasteiger partial charge in [0, 0.05) is 11.7 Å². The van der Waals surface area contributed by atoms with Crippen molar-refractivity contribution >= 4 is 27.7 Å². The first-order valence-corrected chi connectivity index (χ1v) is 6.91. The number of hydrogen-bond acceptors (Lipinski definition) is 4. The topological polar surface area (TPSA) is 35.0 Å². The van der Waals surface area contributed by atoms with Gasteiger partial charge < -0.3 is 4.74 Å². The summed E-state index contributed by atoms with van der Waals surface area (Å²) in [6.07, 6.45) is 2.50. The zero-order valence-corrected chi connectivity index (χ0v) is 11.0. The highest BCUT2D eigenvalue weighted by atomic mass is 79.9. The third-order valence-corrected chi connectivity index (χ3v) is 4.29. The lowest BCUT2D eigenvalue weighted by Gasteiger charge is -2.20. The lowest BCUT2D eigenvalue weighted by molar-refractivity contribution is 0.387. The van der Waals surface area contributed by atoms with Gasteiger partial charge in [0.05, 0.1) is 17.3 Å². The summed E-state index contributed by atoms with van der Waals surface area (Å²) >= 11 is 5.44. The largest absolute Gasteiger partial charge is 0.479 e. The number of ether oxygens (including phenoxy) is 1. The summed E-state index contributed by atoms with van der Waals surface area (Å²) in [5.41, 5.74) is 1.08. The molecule has 0 radical (unpaired) electrons. The van der Waals surface area contributed by atoms with E-state index in [4.69, 9.17) is 4.74 Å². The Morgan fingerprint density at radius 3 is 3.00 bits per heavy atom. The van der Waals surface area contributed by atoms with E-state index in [1.54, 1.807) is 7.11 Å². The molecule has 15 heavy (non-hydrogen) atoms. The predicted octanol–water partition coefficient (Wildman–Crippen LogP) is 2.86. The molecule has 1 atom stereocenters. The lowest BCUT2D eigenvalue weighted by Crippen LogP contribution is -2.11. The maximum absolute atomic E-state index is 5.06. The van der Waals surface area contributed by atoms with Crippen molar-refractivity contribution in [2.45, 2.75) is 18.8 Å². The molecule has 0 aliphatic carbocycles. The fraction of sp³-hybridized carbons (Fsp3) is 0.600. The average Bonchev–Trinajstić information content (AvgIpc) is 2.30. The van der Waals surface area contributed by atoms with Crippen LogP contribution in [0.4, 0.5) is 0 Å². The zero-order chi connectivity index (χ0) is 10.7. The maximum Gasteiger partial charge on any atom is 0.247 e. The van der Waals surface area contributed by atoms with Crippen LogP contribution < -0.4 is 4.74 Å². The summed E-state index contributed by atoms with van der Waals surface area (Å²) in [4.78, 5) is 0. The van der Waals surface area contributed by atoms with Crippen molar-refractivity contribution in [2.75, 3.05) is 18.6 Å². The maximum atomic E-state index is 5.06. The van der Waals surface area contributed by atoms with Gasteiger partial charge >= 0.3 is 0 Å². The molecule has 0 saturated carbocycles. The summed E-state index contributed by atoms with van der Waals surface area (Å²) < 4.78 is 5.96. The SMILES string of the molecule is COc1nnc(C2CCCSC2)cc1Br. The molecular weight excluding hydrogens is 276 g/mol. The third-order valence-electron chi connectivity index (χ3n) is 2.51. The second kappa shape index (κ2) is 5.16. The first-order chi connectivity index (χ1) is 7.31. The van der Waals surface area contributed by atoms with Gasteiger partial charge in [0.2, 0.25) is 5.88 Å². The van der Waals surface area contributed by atoms with Crippen molar-refractivity contribution in [1.82, 2.24) is 10.2 Å². The molecule has 82 valence electrons. The molecule has 3 nitrogen and oxygen atoms in total. The molecule has 1 aliphatic rings. The van der Waals surface area contributed by atoms with Gasteiger partial charge in [-0.05, 0) is 40.6 Å². The Labute approximate surface area is 102 Å². The van der Waals surface area contributed by atoms with Gasteiger partial charge in [-0.25, -0.2) is 0 Å². The molecule has 1 fully saturated rings. The molecule has 0 aromatic carbocycles. The Kier molecular flexibility index (Phi) is 3.86. The number of aromatic nitrogens is 2. The van der Waals surface area contributed by atoms with Gasteiger partial charge in [0.15, 0.2) is 0 Å². The summed E-state index contributed by atoms with van der Waals surface area (Å²) in [6.45, 7) is 0. The van der Waals surface area contributed by atoms with Gasteiger partial charge in [0.1, 0.15) is 0 Å². The molecule has 1 saturated heterocycles. The van der Waals surface area contributed by atoms with Gasteiger partial charge in [-0.3, -0.25) is 0 Å². The summed E-state index contributed by atoms with van der Waals surface area (Å²) in [5.74, 6) is 3.55. The van der Waals surface area contributed by atoms with Crippen molar-refractivity contribution in [2.24, 2.45) is 0 Å². The average molecular weight is 289 g/mol. The van der Waals surface area contributed by atoms with E-state index in [9.17, 15) is 0 Å². The zero-order valence-electron chi connectivity index (χ0n) is 8.57. The molecule has 0 bridgehead atoms. The number of nitrogens with zero attached hydrogens (tertiary/aromatic N) is 2. The van der Waals surface area contributed by atoms with E-state index >= 15 is 0 Å². The van der Waals surface area contributed by atoms with Crippen molar-refractivity contribution in [1.29, 1.82) is 0 Å². The van der Waals surface area contributed by atoms with E-state index in [0.717, 1.165) is 15.9 Å². The molecule has 2 heterocycles. The third kappa shape index (κ3) is 2.64. The van der Waals surface area contributed by atoms with Crippen LogP contribution in [0.25, 0.3) is 0 Å². The minimum atomic E-state index is 0.554. The Hall–Kier alpha value is -0.290. The van der Waals surface area contributed by atoms with Crippen LogP contribution in [0.3, 0.4) is 0 Å². The molecular formula is C10H13BrN2OS. The quantitative estimate of drug-likeness (QED) is 0.838. The highest BCUT2D eigenvalue weighted by Gasteiger charge is 2.18. The Balaban J connectivity index is 2.17. The van der Waals surface area contributed by atoms with E-state index in [2.05, 4.69) is 26.1 Å². The van der Waals surface area contributed by atoms with Gasteiger partial charge in [-0.1, -0.05) is 0 Å². The van der Waals surface area contributed by atoms with E-state index in [1.807, 2.05) is 17.8 Å². The molecule has 0 spiro atoms.